The van der Waals surface area contributed by atoms with Crippen molar-refractivity contribution in [1.29, 1.82) is 0 Å². The fraction of sp³-hybridized carbons (Fsp3) is 0.727. The number of carbonyl (C=O) groups is 1. The Labute approximate surface area is 109 Å². The zero-order valence-corrected chi connectivity index (χ0v) is 12.0. The minimum atomic E-state index is -3.15. The summed E-state index contributed by atoms with van der Waals surface area (Å²) in [4.78, 5) is 11.2. The second-order valence-electron chi connectivity index (χ2n) is 3.80. The van der Waals surface area contributed by atoms with E-state index in [4.69, 9.17) is 0 Å². The highest BCUT2D eigenvalue weighted by atomic mass is 32.2. The molecule has 7 heteroatoms. The van der Waals surface area contributed by atoms with Gasteiger partial charge >= 0.3 is 5.97 Å². The largest absolute Gasteiger partial charge is 0.468 e. The monoisotopic (exact) mass is 278 g/mol. The second kappa shape index (κ2) is 8.23. The fourth-order valence-corrected chi connectivity index (χ4v) is 2.39. The van der Waals surface area contributed by atoms with Crippen molar-refractivity contribution >= 4 is 16.0 Å². The molecule has 0 heterocycles. The summed E-state index contributed by atoms with van der Waals surface area (Å²) in [6, 6.07) is -0.552. The molecule has 0 aliphatic heterocycles. The van der Waals surface area contributed by atoms with Gasteiger partial charge in [0.2, 0.25) is 10.0 Å². The highest BCUT2D eigenvalue weighted by Gasteiger charge is 2.16. The standard InChI is InChI=1S/C11H22N2O4S/c1-5-10(11(14)17-3)12-8-7-9-13(6-2)18(4,15)16/h5,10,12H,1,6-9H2,2-4H3. The van der Waals surface area contributed by atoms with Gasteiger partial charge in [-0.1, -0.05) is 13.0 Å². The van der Waals surface area contributed by atoms with Gasteiger partial charge in [-0.15, -0.1) is 6.58 Å². The number of sulfonamides is 1. The third-order valence-corrected chi connectivity index (χ3v) is 3.84. The lowest BCUT2D eigenvalue weighted by molar-refractivity contribution is -0.141. The summed E-state index contributed by atoms with van der Waals surface area (Å²) < 4.78 is 28.6. The van der Waals surface area contributed by atoms with Crippen LogP contribution in [0.4, 0.5) is 0 Å². The van der Waals surface area contributed by atoms with Crippen molar-refractivity contribution in [3.05, 3.63) is 12.7 Å². The van der Waals surface area contributed by atoms with E-state index in [9.17, 15) is 13.2 Å². The van der Waals surface area contributed by atoms with Crippen molar-refractivity contribution in [2.24, 2.45) is 0 Å². The molecule has 0 radical (unpaired) electrons. The molecule has 0 saturated heterocycles. The predicted octanol–water partition coefficient (Wildman–Crippen LogP) is -0.0248. The summed E-state index contributed by atoms with van der Waals surface area (Å²) >= 11 is 0. The lowest BCUT2D eigenvalue weighted by Gasteiger charge is -2.18. The molecule has 1 atom stereocenters. The Bertz CT molecular complexity index is 367. The minimum absolute atomic E-state index is 0.402. The molecule has 0 aromatic rings. The summed E-state index contributed by atoms with van der Waals surface area (Å²) in [5.74, 6) is -0.402. The maximum absolute atomic E-state index is 11.3. The Morgan fingerprint density at radius 2 is 2.17 bits per heavy atom. The smallest absolute Gasteiger partial charge is 0.326 e. The molecule has 0 amide bonds. The van der Waals surface area contributed by atoms with Crippen molar-refractivity contribution < 1.29 is 17.9 Å². The maximum Gasteiger partial charge on any atom is 0.326 e. The molecular formula is C11H22N2O4S. The Balaban J connectivity index is 4.05. The lowest BCUT2D eigenvalue weighted by Crippen LogP contribution is -2.38. The van der Waals surface area contributed by atoms with E-state index >= 15 is 0 Å². The van der Waals surface area contributed by atoms with E-state index in [1.807, 2.05) is 0 Å². The second-order valence-corrected chi connectivity index (χ2v) is 5.78. The number of hydrogen-bond donors (Lipinski definition) is 1. The molecular weight excluding hydrogens is 256 g/mol. The molecule has 0 spiro atoms. The molecule has 0 saturated carbocycles. The number of nitrogens with zero attached hydrogens (tertiary/aromatic N) is 1. The van der Waals surface area contributed by atoms with Crippen LogP contribution in [0.25, 0.3) is 0 Å². The van der Waals surface area contributed by atoms with Gasteiger partial charge in [0, 0.05) is 13.1 Å². The quantitative estimate of drug-likeness (QED) is 0.364. The Morgan fingerprint density at radius 1 is 1.56 bits per heavy atom. The lowest BCUT2D eigenvalue weighted by atomic mass is 10.3. The van der Waals surface area contributed by atoms with Gasteiger partial charge in [0.25, 0.3) is 0 Å². The molecule has 1 unspecified atom stereocenters. The van der Waals surface area contributed by atoms with Crippen LogP contribution in [0.5, 0.6) is 0 Å². The summed E-state index contributed by atoms with van der Waals surface area (Å²) in [5.41, 5.74) is 0. The Hall–Kier alpha value is -0.920. The number of ether oxygens (including phenoxy) is 1. The van der Waals surface area contributed by atoms with Crippen LogP contribution in [-0.2, 0) is 19.6 Å². The highest BCUT2D eigenvalue weighted by Crippen LogP contribution is 1.98. The van der Waals surface area contributed by atoms with Crippen LogP contribution in [0.2, 0.25) is 0 Å². The Morgan fingerprint density at radius 3 is 2.56 bits per heavy atom. The average Bonchev–Trinajstić information content (AvgIpc) is 2.31. The van der Waals surface area contributed by atoms with Gasteiger partial charge in [0.1, 0.15) is 6.04 Å². The van der Waals surface area contributed by atoms with Gasteiger partial charge in [-0.25, -0.2) is 12.7 Å². The van der Waals surface area contributed by atoms with Crippen LogP contribution >= 0.6 is 0 Å². The molecule has 0 aliphatic rings. The van der Waals surface area contributed by atoms with E-state index in [1.54, 1.807) is 6.92 Å². The van der Waals surface area contributed by atoms with Crippen LogP contribution < -0.4 is 5.32 Å². The highest BCUT2D eigenvalue weighted by molar-refractivity contribution is 7.88. The zero-order valence-electron chi connectivity index (χ0n) is 11.2. The predicted molar refractivity (Wildman–Crippen MR) is 70.7 cm³/mol. The number of nitrogens with one attached hydrogen (secondary N) is 1. The normalized spacial score (nSPS) is 13.3. The molecule has 0 aromatic heterocycles. The molecule has 6 nitrogen and oxygen atoms in total. The van der Waals surface area contributed by atoms with Crippen molar-refractivity contribution in [1.82, 2.24) is 9.62 Å². The first kappa shape index (κ1) is 17.1. The Kier molecular flexibility index (Phi) is 7.81. The van der Waals surface area contributed by atoms with Crippen LogP contribution in [0.1, 0.15) is 13.3 Å². The minimum Gasteiger partial charge on any atom is -0.468 e. The maximum atomic E-state index is 11.3. The SMILES string of the molecule is C=CC(NCCCN(CC)S(C)(=O)=O)C(=O)OC. The van der Waals surface area contributed by atoms with E-state index in [2.05, 4.69) is 16.6 Å². The van der Waals surface area contributed by atoms with Crippen LogP contribution in [0.15, 0.2) is 12.7 Å². The van der Waals surface area contributed by atoms with E-state index in [0.717, 1.165) is 0 Å². The number of hydrogen-bond acceptors (Lipinski definition) is 5. The first-order chi connectivity index (χ1) is 8.36. The van der Waals surface area contributed by atoms with Gasteiger partial charge in [0.05, 0.1) is 13.4 Å². The van der Waals surface area contributed by atoms with Gasteiger partial charge in [-0.05, 0) is 13.0 Å². The van der Waals surface area contributed by atoms with Crippen LogP contribution in [0, 0.1) is 0 Å². The third-order valence-electron chi connectivity index (χ3n) is 2.46. The van der Waals surface area contributed by atoms with Crippen LogP contribution in [-0.4, -0.2) is 57.7 Å². The van der Waals surface area contributed by atoms with E-state index < -0.39 is 22.0 Å². The summed E-state index contributed by atoms with van der Waals surface area (Å²) in [6.45, 7) is 6.70. The molecule has 0 rings (SSSR count). The third kappa shape index (κ3) is 6.13. The van der Waals surface area contributed by atoms with Crippen molar-refractivity contribution in [2.45, 2.75) is 19.4 Å². The number of carbonyl (C=O) groups excluding carboxylic acids is 1. The first-order valence-corrected chi connectivity index (χ1v) is 7.60. The summed E-state index contributed by atoms with van der Waals surface area (Å²) in [5, 5.41) is 2.94. The van der Waals surface area contributed by atoms with E-state index in [0.29, 0.717) is 26.1 Å². The number of esters is 1. The molecule has 18 heavy (non-hydrogen) atoms. The van der Waals surface area contributed by atoms with Crippen LogP contribution in [0.3, 0.4) is 0 Å². The van der Waals surface area contributed by atoms with E-state index in [1.165, 1.54) is 23.7 Å². The molecule has 0 aromatic carbocycles. The zero-order chi connectivity index (χ0) is 14.2. The van der Waals surface area contributed by atoms with Crippen molar-refractivity contribution in [3.63, 3.8) is 0 Å². The van der Waals surface area contributed by atoms with Gasteiger partial charge < -0.3 is 10.1 Å². The molecule has 0 fully saturated rings. The van der Waals surface area contributed by atoms with E-state index in [-0.39, 0.29) is 0 Å². The molecule has 106 valence electrons. The fourth-order valence-electron chi connectivity index (χ4n) is 1.46. The summed E-state index contributed by atoms with van der Waals surface area (Å²) in [7, 11) is -1.84. The molecule has 1 N–H and O–H groups in total. The molecule has 0 bridgehead atoms. The summed E-state index contributed by atoms with van der Waals surface area (Å²) in [6.07, 6.45) is 3.26. The number of rotatable bonds is 9. The number of methoxy groups -OCH3 is 1. The van der Waals surface area contributed by atoms with Gasteiger partial charge in [-0.3, -0.25) is 4.79 Å². The van der Waals surface area contributed by atoms with Gasteiger partial charge in [-0.2, -0.15) is 0 Å². The molecule has 0 aliphatic carbocycles. The van der Waals surface area contributed by atoms with Crippen molar-refractivity contribution in [2.75, 3.05) is 33.0 Å². The van der Waals surface area contributed by atoms with Crippen molar-refractivity contribution in [3.8, 4) is 0 Å². The van der Waals surface area contributed by atoms with Gasteiger partial charge in [0.15, 0.2) is 0 Å². The average molecular weight is 278 g/mol. The first-order valence-electron chi connectivity index (χ1n) is 5.75. The topological polar surface area (TPSA) is 75.7 Å².